The largest absolute Gasteiger partial charge is 0.744 e. The van der Waals surface area contributed by atoms with Gasteiger partial charge in [-0.25, -0.2) is 13.2 Å². The number of nitrogens with two attached hydrogens (primary N) is 1. The third kappa shape index (κ3) is 17.3. The van der Waals surface area contributed by atoms with Crippen LogP contribution in [0.1, 0.15) is 131 Å². The summed E-state index contributed by atoms with van der Waals surface area (Å²) in [5.74, 6) is -3.31. The maximum atomic E-state index is 14.0. The number of carboxylic acids is 1. The average Bonchev–Trinajstić information content (AvgIpc) is 1.61. The molecule has 0 aromatic heterocycles. The number of thioether (sulfide) groups is 1. The van der Waals surface area contributed by atoms with Crippen LogP contribution in [-0.2, 0) is 84.0 Å². The van der Waals surface area contributed by atoms with Crippen LogP contribution < -0.4 is 26.6 Å². The Morgan fingerprint density at radius 1 is 0.800 bits per heavy atom. The van der Waals surface area contributed by atoms with E-state index in [-0.39, 0.29) is 104 Å². The summed E-state index contributed by atoms with van der Waals surface area (Å²) >= 11 is 1.19. The second kappa shape index (κ2) is 30.8. The van der Waals surface area contributed by atoms with Crippen LogP contribution in [0.5, 0.6) is 5.75 Å². The molecule has 0 aliphatic carbocycles. The van der Waals surface area contributed by atoms with Gasteiger partial charge in [0.05, 0.1) is 26.5 Å². The number of likely N-dealkylation sites (N-methyl/N-ethyl adjacent to an activating group) is 1. The summed E-state index contributed by atoms with van der Waals surface area (Å²) < 4.78 is 72.2. The number of carbonyl (C=O) groups is 7. The topological polar surface area (TPSA) is 346 Å². The number of anilines is 1. The number of amides is 6. The molecule has 1 saturated heterocycles. The van der Waals surface area contributed by atoms with Crippen molar-refractivity contribution in [1.82, 2.24) is 25.8 Å². The molecule has 1 unspecified atom stereocenters. The zero-order valence-electron chi connectivity index (χ0n) is 54.7. The number of fused-ring (bicyclic) bond motifs is 3. The van der Waals surface area contributed by atoms with Gasteiger partial charge >= 0.3 is 5.97 Å². The Morgan fingerprint density at radius 3 is 2.16 bits per heavy atom. The molecule has 1 fully saturated rings. The summed E-state index contributed by atoms with van der Waals surface area (Å²) in [6.45, 7) is 15.0. The smallest absolute Gasteiger partial charge is 0.326 e. The summed E-state index contributed by atoms with van der Waals surface area (Å²) in [4.78, 5) is 96.4. The Labute approximate surface area is 559 Å². The number of rotatable bonds is 30. The molecule has 0 spiro atoms. The van der Waals surface area contributed by atoms with Gasteiger partial charge in [0.1, 0.15) is 34.5 Å². The molecule has 510 valence electrons. The first-order valence-corrected chi connectivity index (χ1v) is 35.9. The van der Waals surface area contributed by atoms with Gasteiger partial charge in [-0.3, -0.25) is 38.2 Å². The molecule has 23 nitrogen and oxygen atoms in total. The number of hydrogen-bond acceptors (Lipinski definition) is 16. The molecule has 4 aliphatic rings. The summed E-state index contributed by atoms with van der Waals surface area (Å²) in [5.41, 5.74) is 14.1. The zero-order chi connectivity index (χ0) is 69.3. The molecule has 95 heavy (non-hydrogen) atoms. The summed E-state index contributed by atoms with van der Waals surface area (Å²) in [6.07, 6.45) is 12.7. The van der Waals surface area contributed by atoms with Crippen LogP contribution in [-0.4, -0.2) is 160 Å². The zero-order valence-corrected chi connectivity index (χ0v) is 57.1. The van der Waals surface area contributed by atoms with Gasteiger partial charge in [0.25, 0.3) is 10.1 Å². The van der Waals surface area contributed by atoms with Crippen molar-refractivity contribution in [2.24, 2.45) is 5.73 Å². The highest BCUT2D eigenvalue weighted by Crippen LogP contribution is 2.48. The summed E-state index contributed by atoms with van der Waals surface area (Å²) in [5, 5.41) is 27.7. The fourth-order valence-electron chi connectivity index (χ4n) is 13.1. The predicted molar refractivity (Wildman–Crippen MR) is 360 cm³/mol. The van der Waals surface area contributed by atoms with Gasteiger partial charge in [0.15, 0.2) is 5.71 Å². The maximum absolute atomic E-state index is 14.0. The normalized spacial score (nSPS) is 18.5. The van der Waals surface area contributed by atoms with Gasteiger partial charge in [-0.15, -0.1) is 11.8 Å². The molecule has 0 saturated carbocycles. The van der Waals surface area contributed by atoms with E-state index in [1.165, 1.54) is 40.9 Å². The third-order valence-electron chi connectivity index (χ3n) is 18.3. The summed E-state index contributed by atoms with van der Waals surface area (Å²) in [6, 6.07) is 16.2. The Balaban J connectivity index is 0.743. The van der Waals surface area contributed by atoms with Crippen LogP contribution in [0.25, 0.3) is 0 Å². The summed E-state index contributed by atoms with van der Waals surface area (Å²) in [7, 11) is -9.15. The lowest BCUT2D eigenvalue weighted by molar-refractivity contribution is -0.438. The highest BCUT2D eigenvalue weighted by Gasteiger charge is 2.46. The van der Waals surface area contributed by atoms with Crippen LogP contribution in [0.2, 0.25) is 0 Å². The Bertz CT molecular complexity index is 3990. The molecule has 8 N–H and O–H groups in total. The Kier molecular flexibility index (Phi) is 23.6. The van der Waals surface area contributed by atoms with E-state index in [0.717, 1.165) is 61.1 Å². The number of aryl methyl sites for hydroxylation is 2. The lowest BCUT2D eigenvalue weighted by Gasteiger charge is -2.38. The monoisotopic (exact) mass is 1360 g/mol. The fraction of sp³-hybridized carbons (Fsp3) is 0.449. The van der Waals surface area contributed by atoms with Gasteiger partial charge in [-0.2, -0.15) is 13.0 Å². The number of likely N-dealkylation sites (tertiary alicyclic amines) is 1. The number of hydrogen-bond donors (Lipinski definition) is 7. The van der Waals surface area contributed by atoms with Crippen molar-refractivity contribution in [2.45, 2.75) is 170 Å². The highest BCUT2D eigenvalue weighted by atomic mass is 32.2. The Hall–Kier alpha value is -8.01. The second-order valence-corrected chi connectivity index (χ2v) is 29.7. The first-order chi connectivity index (χ1) is 44.8. The molecule has 0 radical (unpaired) electrons. The van der Waals surface area contributed by atoms with Crippen molar-refractivity contribution in [2.75, 3.05) is 43.4 Å². The molecule has 8 rings (SSSR count). The number of nitrogens with one attached hydrogen (secondary N) is 3. The van der Waals surface area contributed by atoms with E-state index in [1.54, 1.807) is 24.3 Å². The first-order valence-electron chi connectivity index (χ1n) is 32.0. The number of phenolic OH excluding ortho intramolecular Hbond substituents is 1. The van der Waals surface area contributed by atoms with E-state index in [9.17, 15) is 69.7 Å². The molecule has 4 aromatic carbocycles. The quantitative estimate of drug-likeness (QED) is 0.00943. The molecule has 4 aliphatic heterocycles. The number of allylic oxidation sites excluding steroid dienone is 6. The Morgan fingerprint density at radius 2 is 1.47 bits per heavy atom. The number of unbranched alkanes of at least 4 members (excludes halogenated alkanes) is 3. The molecular formula is C69H86N8O15S3. The fourth-order valence-corrected chi connectivity index (χ4v) is 15.2. The minimum atomic E-state index is -4.65. The van der Waals surface area contributed by atoms with E-state index >= 15 is 0 Å². The molecule has 6 amide bonds. The van der Waals surface area contributed by atoms with Gasteiger partial charge in [-0.1, -0.05) is 56.3 Å². The van der Waals surface area contributed by atoms with E-state index in [4.69, 9.17) is 5.73 Å². The number of nitrogens with zero attached hydrogens (tertiary/aromatic N) is 4. The number of phenols is 1. The van der Waals surface area contributed by atoms with Gasteiger partial charge in [-0.05, 0) is 155 Å². The number of benzene rings is 4. The van der Waals surface area contributed by atoms with E-state index in [2.05, 4.69) is 25.4 Å². The maximum Gasteiger partial charge on any atom is 0.326 e. The van der Waals surface area contributed by atoms with Gasteiger partial charge in [0, 0.05) is 105 Å². The molecule has 4 atom stereocenters. The van der Waals surface area contributed by atoms with Crippen LogP contribution in [0.3, 0.4) is 0 Å². The first kappa shape index (κ1) is 72.8. The number of carboxylic acid groups (broad SMARTS) is 1. The molecule has 26 heteroatoms. The molecule has 4 aromatic rings. The van der Waals surface area contributed by atoms with Crippen LogP contribution in [0.4, 0.5) is 11.4 Å². The van der Waals surface area contributed by atoms with Crippen molar-refractivity contribution < 1.29 is 74.3 Å². The number of aromatic hydroxyl groups is 1. The minimum absolute atomic E-state index is 0.0119. The van der Waals surface area contributed by atoms with Crippen LogP contribution in [0, 0.1) is 13.8 Å². The van der Waals surface area contributed by atoms with Gasteiger partial charge in [0.2, 0.25) is 41.1 Å². The lowest BCUT2D eigenvalue weighted by Crippen LogP contribution is -2.58. The standard InChI is InChI=1S/C69H86N8O15S3/c1-8-74-55-27-25-48(94(87,88)89)38-51(55)68(4,5)59(74)22-11-9-12-23-60-69(6,7)52-39-49(95(90,91)92)26-28-56(52)75(60)32-18-10-13-24-61(79)72-31-33-76-63(81)41-58(66(76)84)93-34-29-62(80)71-30-17-16-21-54(67(85)86)73-64(82)57-37-45-19-14-15-20-46(45)42-77(57)65(83)53(70)40-50-43(2)35-47(78)36-44(50)3/h9,11-12,14-15,19-20,22-23,25-28,35-36,38-39,53-54,57-58H,8,10,13,16-18,21,24,29-34,37,40-42,70H2,1-7H3,(H6-,71,72,73,78,79,80,82,85,86,87,88,89,90,91,92)/t53-,54-,57-,58?/m0/s1. The molecular weight excluding hydrogens is 1280 g/mol. The molecule has 4 heterocycles. The van der Waals surface area contributed by atoms with Crippen molar-refractivity contribution in [3.05, 3.63) is 148 Å². The average molecular weight is 1360 g/mol. The van der Waals surface area contributed by atoms with Crippen molar-refractivity contribution in [1.29, 1.82) is 0 Å². The van der Waals surface area contributed by atoms with Crippen LogP contribution in [0.15, 0.2) is 119 Å². The van der Waals surface area contributed by atoms with Crippen molar-refractivity contribution in [3.63, 3.8) is 0 Å². The van der Waals surface area contributed by atoms with E-state index < -0.39 is 78.1 Å². The second-order valence-electron chi connectivity index (χ2n) is 25.5. The van der Waals surface area contributed by atoms with Crippen molar-refractivity contribution >= 4 is 90.5 Å². The minimum Gasteiger partial charge on any atom is -0.744 e. The van der Waals surface area contributed by atoms with Crippen molar-refractivity contribution in [3.8, 4) is 5.75 Å². The number of imide groups is 1. The van der Waals surface area contributed by atoms with Crippen LogP contribution >= 0.6 is 11.8 Å². The van der Waals surface area contributed by atoms with Gasteiger partial charge < -0.3 is 46.2 Å². The van der Waals surface area contributed by atoms with E-state index in [0.29, 0.717) is 50.8 Å². The molecule has 0 bridgehead atoms. The van der Waals surface area contributed by atoms with E-state index in [1.807, 2.05) is 103 Å². The highest BCUT2D eigenvalue weighted by molar-refractivity contribution is 8.00. The number of carbonyl (C=O) groups excluding carboxylic acids is 6. The third-order valence-corrected chi connectivity index (χ3v) is 21.2. The SMILES string of the molecule is CCN1/C(=C/C=C/C=C/C2=[N+](CCCCCC(=O)NCCN3C(=O)CC(SCCC(=O)NCCCC[C@H](NC(=O)[C@@H]4Cc5ccccc5CN4C(=O)[C@@H](N)Cc4c(C)cc(O)cc4C)C(=O)O)C3=O)c3ccc(S(=O)(=O)O)cc3C2(C)C)C(C)(C)c2cc(S(=O)(=O)[O-])ccc21. The lowest BCUT2D eigenvalue weighted by atomic mass is 9.81. The predicted octanol–water partition coefficient (Wildman–Crippen LogP) is 6.66. The number of aliphatic carboxylic acids is 1.